The molecule has 306 valence electrons. The third-order valence-electron chi connectivity index (χ3n) is 7.85. The minimum Gasteiger partial charge on any atom is -0.458 e. The fourth-order valence-corrected chi connectivity index (χ4v) is 5.16. The number of rotatable bonds is 17. The molecule has 0 N–H and O–H groups in total. The number of alkyl halides is 4. The number of benzene rings is 2. The van der Waals surface area contributed by atoms with Crippen LogP contribution in [-0.4, -0.2) is 95.7 Å². The molecule has 0 unspecified atom stereocenters. The van der Waals surface area contributed by atoms with Crippen LogP contribution in [0.15, 0.2) is 54.6 Å². The van der Waals surface area contributed by atoms with E-state index in [0.717, 1.165) is 35.8 Å². The molecule has 0 bridgehead atoms. The van der Waals surface area contributed by atoms with Gasteiger partial charge in [-0.3, -0.25) is 9.69 Å². The van der Waals surface area contributed by atoms with Gasteiger partial charge in [0.15, 0.2) is 6.10 Å². The molecular weight excluding hydrogens is 732 g/mol. The van der Waals surface area contributed by atoms with Crippen LogP contribution in [0.4, 0.5) is 22.4 Å². The second kappa shape index (κ2) is 19.6. The second-order valence-electron chi connectivity index (χ2n) is 15.1. The summed E-state index contributed by atoms with van der Waals surface area (Å²) in [7, 11) is 2.53. The van der Waals surface area contributed by atoms with Crippen molar-refractivity contribution in [2.24, 2.45) is 5.92 Å². The van der Waals surface area contributed by atoms with E-state index in [9.17, 15) is 37.1 Å². The minimum absolute atomic E-state index is 0.0828. The van der Waals surface area contributed by atoms with Gasteiger partial charge in [0.25, 0.3) is 5.91 Å². The van der Waals surface area contributed by atoms with Gasteiger partial charge in [0, 0.05) is 26.9 Å². The van der Waals surface area contributed by atoms with Crippen LogP contribution in [0.25, 0.3) is 0 Å². The lowest BCUT2D eigenvalue weighted by molar-refractivity contribution is -0.274. The van der Waals surface area contributed by atoms with Gasteiger partial charge in [-0.1, -0.05) is 56.3 Å². The second-order valence-corrected chi connectivity index (χ2v) is 15.1. The molecule has 2 aromatic carbocycles. The Morgan fingerprint density at radius 3 is 1.78 bits per heavy atom. The third kappa shape index (κ3) is 16.6. The van der Waals surface area contributed by atoms with Crippen molar-refractivity contribution in [1.82, 2.24) is 9.80 Å². The number of carbonyl (C=O) groups excluding carboxylic acids is 5. The highest BCUT2D eigenvalue weighted by molar-refractivity contribution is 5.90. The van der Waals surface area contributed by atoms with Crippen molar-refractivity contribution in [2.75, 3.05) is 14.1 Å². The predicted octanol–water partition coefficient (Wildman–Crippen LogP) is 6.96. The molecule has 0 saturated carbocycles. The van der Waals surface area contributed by atoms with E-state index >= 15 is 4.39 Å². The fourth-order valence-electron chi connectivity index (χ4n) is 5.16. The van der Waals surface area contributed by atoms with Crippen LogP contribution < -0.4 is 4.74 Å². The zero-order chi connectivity index (χ0) is 41.9. The highest BCUT2D eigenvalue weighted by Crippen LogP contribution is 2.26. The van der Waals surface area contributed by atoms with E-state index in [1.807, 2.05) is 13.8 Å². The van der Waals surface area contributed by atoms with Gasteiger partial charge in [-0.05, 0) is 77.1 Å². The predicted molar refractivity (Wildman–Crippen MR) is 192 cm³/mol. The average Bonchev–Trinajstić information content (AvgIpc) is 3.06. The van der Waals surface area contributed by atoms with Crippen molar-refractivity contribution in [3.05, 3.63) is 65.7 Å². The summed E-state index contributed by atoms with van der Waals surface area (Å²) in [5.74, 6) is -4.68. The fraction of sp³-hybridized carbons (Fsp3) is 0.564. The summed E-state index contributed by atoms with van der Waals surface area (Å²) in [5, 5.41) is 0. The molecule has 0 fully saturated rings. The normalized spacial score (nSPS) is 14.2. The van der Waals surface area contributed by atoms with Crippen LogP contribution in [0.1, 0.15) is 79.4 Å². The number of nitrogens with zero attached hydrogens (tertiary/aromatic N) is 2. The van der Waals surface area contributed by atoms with Crippen LogP contribution in [0.5, 0.6) is 5.75 Å². The van der Waals surface area contributed by atoms with E-state index in [1.54, 1.807) is 51.1 Å². The number of hydrogen-bond acceptors (Lipinski definition) is 10. The van der Waals surface area contributed by atoms with Crippen LogP contribution in [-0.2, 0) is 51.2 Å². The van der Waals surface area contributed by atoms with Crippen LogP contribution in [0.2, 0.25) is 0 Å². The maximum atomic E-state index is 15.2. The summed E-state index contributed by atoms with van der Waals surface area (Å²) >= 11 is 0. The molecule has 12 nitrogen and oxygen atoms in total. The minimum atomic E-state index is -4.94. The van der Waals surface area contributed by atoms with Crippen molar-refractivity contribution in [3.8, 4) is 5.75 Å². The first kappa shape index (κ1) is 46.3. The van der Waals surface area contributed by atoms with E-state index in [1.165, 1.54) is 33.2 Å². The van der Waals surface area contributed by atoms with Crippen molar-refractivity contribution in [2.45, 2.75) is 123 Å². The largest absolute Gasteiger partial charge is 0.573 e. The number of amides is 2. The van der Waals surface area contributed by atoms with Crippen molar-refractivity contribution in [1.29, 1.82) is 0 Å². The molecule has 0 heterocycles. The lowest BCUT2D eigenvalue weighted by Gasteiger charge is -2.33. The molecule has 0 radical (unpaired) electrons. The quantitative estimate of drug-likeness (QED) is 0.0941. The highest BCUT2D eigenvalue weighted by Gasteiger charge is 2.40. The molecule has 4 atom stereocenters. The van der Waals surface area contributed by atoms with Gasteiger partial charge in [-0.15, -0.1) is 13.2 Å². The molecule has 0 spiro atoms. The average molecular weight is 785 g/mol. The van der Waals surface area contributed by atoms with Crippen molar-refractivity contribution >= 4 is 29.9 Å². The SMILES string of the molecule is CC(C)C[C@H](C(=O)O[C@H](C)C(=O)N(C)[C@@H](CC(C)(C)F)C(=O)O[C@H](Cc1ccc(OC(F)(F)F)cc1)C(=O)OCc1ccccc1)N(C)C(=O)OC(C)(C)C. The van der Waals surface area contributed by atoms with Gasteiger partial charge in [-0.25, -0.2) is 23.6 Å². The van der Waals surface area contributed by atoms with E-state index in [-0.39, 0.29) is 30.9 Å². The van der Waals surface area contributed by atoms with Gasteiger partial charge >= 0.3 is 30.4 Å². The molecule has 0 aliphatic heterocycles. The number of ether oxygens (including phenoxy) is 5. The number of carbonyl (C=O) groups is 5. The summed E-state index contributed by atoms with van der Waals surface area (Å²) < 4.78 is 79.1. The summed E-state index contributed by atoms with van der Waals surface area (Å²) in [6.07, 6.45) is -9.76. The molecule has 0 aliphatic carbocycles. The third-order valence-corrected chi connectivity index (χ3v) is 7.85. The van der Waals surface area contributed by atoms with Gasteiger partial charge in [0.05, 0.1) is 0 Å². The van der Waals surface area contributed by atoms with Gasteiger partial charge in [0.1, 0.15) is 35.7 Å². The first-order valence-electron chi connectivity index (χ1n) is 17.6. The highest BCUT2D eigenvalue weighted by atomic mass is 19.4. The first-order valence-corrected chi connectivity index (χ1v) is 17.6. The summed E-state index contributed by atoms with van der Waals surface area (Å²) in [6, 6.07) is 10.2. The maximum absolute atomic E-state index is 15.2. The Morgan fingerprint density at radius 1 is 0.709 bits per heavy atom. The first-order chi connectivity index (χ1) is 25.3. The zero-order valence-corrected chi connectivity index (χ0v) is 32.9. The van der Waals surface area contributed by atoms with E-state index < -0.39 is 84.0 Å². The summed E-state index contributed by atoms with van der Waals surface area (Å²) in [5.41, 5.74) is -2.06. The number of hydrogen-bond donors (Lipinski definition) is 0. The molecule has 2 amide bonds. The molecular formula is C39H52F4N2O10. The molecule has 16 heteroatoms. The molecule has 55 heavy (non-hydrogen) atoms. The maximum Gasteiger partial charge on any atom is 0.573 e. The lowest BCUT2D eigenvalue weighted by atomic mass is 9.99. The zero-order valence-electron chi connectivity index (χ0n) is 32.9. The monoisotopic (exact) mass is 784 g/mol. The van der Waals surface area contributed by atoms with Crippen LogP contribution in [0.3, 0.4) is 0 Å². The van der Waals surface area contributed by atoms with E-state index in [2.05, 4.69) is 4.74 Å². The van der Waals surface area contributed by atoms with Crippen LogP contribution >= 0.6 is 0 Å². The Morgan fingerprint density at radius 2 is 1.27 bits per heavy atom. The van der Waals surface area contributed by atoms with Gasteiger partial charge < -0.3 is 28.6 Å². The molecule has 0 saturated heterocycles. The Bertz CT molecular complexity index is 1590. The summed E-state index contributed by atoms with van der Waals surface area (Å²) in [6.45, 7) is 12.0. The van der Waals surface area contributed by atoms with Gasteiger partial charge in [-0.2, -0.15) is 0 Å². The standard InChI is InChI=1S/C39H52F4N2O10/c1-24(2)20-29(45(10)36(50)55-37(4,5)6)33(47)52-25(3)32(46)44(9)30(22-38(7,8)40)34(48)53-31(35(49)51-23-27-14-12-11-13-15-27)21-26-16-18-28(19-17-26)54-39(41,42)43/h11-19,24-25,29-31H,20-23H2,1-10H3/t25-,29-,30+,31-/m1/s1. The van der Waals surface area contributed by atoms with Gasteiger partial charge in [0.2, 0.25) is 6.10 Å². The van der Waals surface area contributed by atoms with E-state index in [0.29, 0.717) is 5.56 Å². The van der Waals surface area contributed by atoms with Crippen molar-refractivity contribution in [3.63, 3.8) is 0 Å². The Labute approximate surface area is 319 Å². The van der Waals surface area contributed by atoms with E-state index in [4.69, 9.17) is 18.9 Å². The Kier molecular flexibility index (Phi) is 16.5. The molecule has 0 aromatic heterocycles. The topological polar surface area (TPSA) is 138 Å². The molecule has 2 rings (SSSR count). The molecule has 0 aliphatic rings. The number of halogens is 4. The van der Waals surface area contributed by atoms with Crippen LogP contribution in [0, 0.1) is 5.92 Å². The number of likely N-dealkylation sites (N-methyl/N-ethyl adjacent to an activating group) is 2. The number of esters is 3. The Balaban J connectivity index is 2.35. The van der Waals surface area contributed by atoms with Crippen molar-refractivity contribution < 1.29 is 65.2 Å². The molecule has 2 aromatic rings. The smallest absolute Gasteiger partial charge is 0.458 e. The Hall–Kier alpha value is -4.89. The summed E-state index contributed by atoms with van der Waals surface area (Å²) in [4.78, 5) is 68.9. The lowest BCUT2D eigenvalue weighted by Crippen LogP contribution is -2.52.